The summed E-state index contributed by atoms with van der Waals surface area (Å²) >= 11 is 0. The summed E-state index contributed by atoms with van der Waals surface area (Å²) in [5.74, 6) is 1.94. The summed E-state index contributed by atoms with van der Waals surface area (Å²) in [4.78, 5) is 6.63. The van der Waals surface area contributed by atoms with E-state index < -0.39 is 0 Å². The maximum absolute atomic E-state index is 5.95. The van der Waals surface area contributed by atoms with Gasteiger partial charge in [0.25, 0.3) is 0 Å². The average molecular weight is 370 g/mol. The third-order valence-electron chi connectivity index (χ3n) is 4.23. The van der Waals surface area contributed by atoms with Crippen LogP contribution in [0.5, 0.6) is 11.5 Å². The minimum atomic E-state index is 0.476. The van der Waals surface area contributed by atoms with E-state index in [-0.39, 0.29) is 0 Å². The zero-order chi connectivity index (χ0) is 19.5. The van der Waals surface area contributed by atoms with Crippen LogP contribution in [0.2, 0.25) is 0 Å². The summed E-state index contributed by atoms with van der Waals surface area (Å²) in [7, 11) is 5.36. The number of hydrogen-bond donors (Lipinski definition) is 2. The van der Waals surface area contributed by atoms with Gasteiger partial charge in [-0.3, -0.25) is 4.99 Å². The van der Waals surface area contributed by atoms with Gasteiger partial charge in [0.2, 0.25) is 0 Å². The molecule has 0 aliphatic heterocycles. The van der Waals surface area contributed by atoms with Gasteiger partial charge in [0.1, 0.15) is 0 Å². The van der Waals surface area contributed by atoms with Crippen molar-refractivity contribution in [2.24, 2.45) is 10.7 Å². The van der Waals surface area contributed by atoms with Crippen molar-refractivity contribution in [3.63, 3.8) is 0 Å². The molecule has 2 aromatic carbocycles. The Bertz CT molecular complexity index is 719. The molecule has 0 amide bonds. The lowest BCUT2D eigenvalue weighted by atomic mass is 10.1. The molecule has 0 bridgehead atoms. The fourth-order valence-electron chi connectivity index (χ4n) is 2.74. The van der Waals surface area contributed by atoms with E-state index in [1.54, 1.807) is 14.2 Å². The van der Waals surface area contributed by atoms with E-state index in [0.717, 1.165) is 36.6 Å². The lowest BCUT2D eigenvalue weighted by Crippen LogP contribution is -2.34. The quantitative estimate of drug-likeness (QED) is 0.496. The molecule has 0 aromatic heterocycles. The minimum Gasteiger partial charge on any atom is -0.493 e. The second kappa shape index (κ2) is 11.1. The number of nitrogens with one attached hydrogen (secondary N) is 1. The maximum atomic E-state index is 5.95. The molecule has 0 unspecified atom stereocenters. The zero-order valence-electron chi connectivity index (χ0n) is 16.4. The molecular formula is C21H30N4O2. The van der Waals surface area contributed by atoms with Crippen LogP contribution in [-0.2, 0) is 13.0 Å². The first-order valence-electron chi connectivity index (χ1n) is 9.09. The number of benzene rings is 2. The Morgan fingerprint density at radius 2 is 1.78 bits per heavy atom. The van der Waals surface area contributed by atoms with Crippen LogP contribution in [0.1, 0.15) is 11.1 Å². The normalized spacial score (nSPS) is 11.5. The molecule has 0 spiro atoms. The summed E-state index contributed by atoms with van der Waals surface area (Å²) in [5, 5.41) is 3.16. The Labute approximate surface area is 162 Å². The number of nitrogens with zero attached hydrogens (tertiary/aromatic N) is 2. The van der Waals surface area contributed by atoms with Gasteiger partial charge in [-0.05, 0) is 36.7 Å². The standard InChI is InChI=1S/C21H30N4O2/c1-25(16-18-7-5-4-6-8-18)14-13-24-21(22)23-12-11-17-9-10-19(26-2)20(15-17)27-3/h4-10,15H,11-14,16H2,1-3H3,(H3,22,23,24). The molecule has 3 N–H and O–H groups in total. The number of hydrogen-bond acceptors (Lipinski definition) is 4. The van der Waals surface area contributed by atoms with Crippen molar-refractivity contribution in [3.8, 4) is 11.5 Å². The van der Waals surface area contributed by atoms with Gasteiger partial charge >= 0.3 is 0 Å². The van der Waals surface area contributed by atoms with E-state index >= 15 is 0 Å². The fraction of sp³-hybridized carbons (Fsp3) is 0.381. The number of methoxy groups -OCH3 is 2. The number of nitrogens with two attached hydrogens (primary N) is 1. The van der Waals surface area contributed by atoms with E-state index in [2.05, 4.69) is 46.5 Å². The predicted molar refractivity (Wildman–Crippen MR) is 111 cm³/mol. The summed E-state index contributed by atoms with van der Waals surface area (Å²) in [6.07, 6.45) is 0.824. The van der Waals surface area contributed by atoms with Crippen LogP contribution in [0.15, 0.2) is 53.5 Å². The van der Waals surface area contributed by atoms with Crippen molar-refractivity contribution in [3.05, 3.63) is 59.7 Å². The Balaban J connectivity index is 1.70. The lowest BCUT2D eigenvalue weighted by Gasteiger charge is -2.15. The highest BCUT2D eigenvalue weighted by molar-refractivity contribution is 5.77. The Morgan fingerprint density at radius 3 is 2.48 bits per heavy atom. The van der Waals surface area contributed by atoms with Gasteiger partial charge in [-0.15, -0.1) is 0 Å². The van der Waals surface area contributed by atoms with Crippen molar-refractivity contribution in [1.82, 2.24) is 10.2 Å². The first kappa shape index (κ1) is 20.6. The Hall–Kier alpha value is -2.73. The van der Waals surface area contributed by atoms with Gasteiger partial charge in [0.15, 0.2) is 17.5 Å². The second-order valence-electron chi connectivity index (χ2n) is 6.36. The second-order valence-corrected chi connectivity index (χ2v) is 6.36. The first-order valence-corrected chi connectivity index (χ1v) is 9.09. The van der Waals surface area contributed by atoms with Crippen molar-refractivity contribution in [2.75, 3.05) is 40.9 Å². The molecule has 0 aliphatic rings. The molecular weight excluding hydrogens is 340 g/mol. The van der Waals surface area contributed by atoms with Crippen LogP contribution < -0.4 is 20.5 Å². The SMILES string of the molecule is COc1ccc(CCNC(N)=NCCN(C)Cc2ccccc2)cc1OC. The maximum Gasteiger partial charge on any atom is 0.188 e. The van der Waals surface area contributed by atoms with E-state index in [9.17, 15) is 0 Å². The summed E-state index contributed by atoms with van der Waals surface area (Å²) in [6.45, 7) is 3.14. The summed E-state index contributed by atoms with van der Waals surface area (Å²) < 4.78 is 10.6. The van der Waals surface area contributed by atoms with Gasteiger partial charge in [-0.1, -0.05) is 36.4 Å². The highest BCUT2D eigenvalue weighted by atomic mass is 16.5. The summed E-state index contributed by atoms with van der Waals surface area (Å²) in [6, 6.07) is 16.3. The average Bonchev–Trinajstić information content (AvgIpc) is 2.68. The molecule has 0 radical (unpaired) electrons. The number of aliphatic imine (C=N–C) groups is 1. The van der Waals surface area contributed by atoms with E-state index in [0.29, 0.717) is 19.0 Å². The molecule has 6 nitrogen and oxygen atoms in total. The molecule has 146 valence electrons. The molecule has 0 fully saturated rings. The van der Waals surface area contributed by atoms with E-state index in [1.165, 1.54) is 5.56 Å². The van der Waals surface area contributed by atoms with E-state index in [4.69, 9.17) is 15.2 Å². The molecule has 0 aliphatic carbocycles. The third kappa shape index (κ3) is 7.19. The minimum absolute atomic E-state index is 0.476. The van der Waals surface area contributed by atoms with Crippen LogP contribution in [0.4, 0.5) is 0 Å². The van der Waals surface area contributed by atoms with Crippen molar-refractivity contribution in [2.45, 2.75) is 13.0 Å². The largest absolute Gasteiger partial charge is 0.493 e. The van der Waals surface area contributed by atoms with Crippen LogP contribution in [0.3, 0.4) is 0 Å². The molecule has 0 saturated carbocycles. The molecule has 0 heterocycles. The van der Waals surface area contributed by atoms with Crippen LogP contribution >= 0.6 is 0 Å². The van der Waals surface area contributed by atoms with Gasteiger partial charge in [-0.25, -0.2) is 0 Å². The lowest BCUT2D eigenvalue weighted by molar-refractivity contribution is 0.336. The van der Waals surface area contributed by atoms with Crippen LogP contribution in [0.25, 0.3) is 0 Å². The highest BCUT2D eigenvalue weighted by Crippen LogP contribution is 2.27. The highest BCUT2D eigenvalue weighted by Gasteiger charge is 2.04. The number of guanidine groups is 1. The monoisotopic (exact) mass is 370 g/mol. The van der Waals surface area contributed by atoms with Gasteiger partial charge in [0, 0.05) is 19.6 Å². The van der Waals surface area contributed by atoms with Crippen LogP contribution in [-0.4, -0.2) is 51.8 Å². The number of likely N-dealkylation sites (N-methyl/N-ethyl adjacent to an activating group) is 1. The van der Waals surface area contributed by atoms with Crippen molar-refractivity contribution < 1.29 is 9.47 Å². The molecule has 0 atom stereocenters. The Morgan fingerprint density at radius 1 is 1.04 bits per heavy atom. The molecule has 6 heteroatoms. The van der Waals surface area contributed by atoms with E-state index in [1.807, 2.05) is 24.3 Å². The smallest absolute Gasteiger partial charge is 0.188 e. The first-order chi connectivity index (χ1) is 13.1. The zero-order valence-corrected chi connectivity index (χ0v) is 16.4. The molecule has 0 saturated heterocycles. The molecule has 27 heavy (non-hydrogen) atoms. The molecule has 2 rings (SSSR count). The fourth-order valence-corrected chi connectivity index (χ4v) is 2.74. The summed E-state index contributed by atoms with van der Waals surface area (Å²) in [5.41, 5.74) is 8.40. The molecule has 2 aromatic rings. The van der Waals surface area contributed by atoms with Crippen molar-refractivity contribution in [1.29, 1.82) is 0 Å². The van der Waals surface area contributed by atoms with Gasteiger partial charge in [0.05, 0.1) is 20.8 Å². The van der Waals surface area contributed by atoms with Crippen molar-refractivity contribution >= 4 is 5.96 Å². The van der Waals surface area contributed by atoms with Crippen LogP contribution in [0, 0.1) is 0 Å². The van der Waals surface area contributed by atoms with Gasteiger partial charge < -0.3 is 25.4 Å². The predicted octanol–water partition coefficient (Wildman–Crippen LogP) is 2.28. The Kier molecular flexibility index (Phi) is 8.45. The number of rotatable bonds is 10. The third-order valence-corrected chi connectivity index (χ3v) is 4.23. The van der Waals surface area contributed by atoms with Gasteiger partial charge in [-0.2, -0.15) is 0 Å². The number of ether oxygens (including phenoxy) is 2. The topological polar surface area (TPSA) is 72.1 Å².